The molecule has 0 heterocycles. The van der Waals surface area contributed by atoms with Crippen molar-refractivity contribution < 1.29 is 9.90 Å². The van der Waals surface area contributed by atoms with Crippen molar-refractivity contribution in [3.8, 4) is 0 Å². The number of carboxylic acid groups (broad SMARTS) is 1. The first-order valence-electron chi connectivity index (χ1n) is 9.94. The zero-order chi connectivity index (χ0) is 17.7. The molecule has 0 aliphatic heterocycles. The molecule has 0 rings (SSSR count). The molecule has 0 aromatic rings. The standard InChI is InChI=1S/C22H38O2/c1-2-3-4-5-6-7-8-9-10-11-12-13-14-15-16-17-18-19-20-21-22(23)24/h7-8,13-14,19-20H,2-6,9-12,15-18,21H2,1H3,(H,23,24)/b8-7-,14-13-,20-19-. The van der Waals surface area contributed by atoms with E-state index in [1.54, 1.807) is 6.08 Å². The molecule has 0 radical (unpaired) electrons. The van der Waals surface area contributed by atoms with Crippen molar-refractivity contribution in [1.29, 1.82) is 0 Å². The minimum Gasteiger partial charge on any atom is -0.481 e. The van der Waals surface area contributed by atoms with Crippen molar-refractivity contribution in [1.82, 2.24) is 0 Å². The van der Waals surface area contributed by atoms with E-state index in [1.165, 1.54) is 64.2 Å². The van der Waals surface area contributed by atoms with Crippen LogP contribution < -0.4 is 0 Å². The van der Waals surface area contributed by atoms with Gasteiger partial charge in [0.05, 0.1) is 6.42 Å². The maximum Gasteiger partial charge on any atom is 0.307 e. The number of carboxylic acids is 1. The van der Waals surface area contributed by atoms with Gasteiger partial charge in [0.15, 0.2) is 0 Å². The fraction of sp³-hybridized carbons (Fsp3) is 0.682. The number of rotatable bonds is 17. The molecule has 0 spiro atoms. The summed E-state index contributed by atoms with van der Waals surface area (Å²) in [6.45, 7) is 2.26. The van der Waals surface area contributed by atoms with E-state index in [0.29, 0.717) is 0 Å². The first-order valence-corrected chi connectivity index (χ1v) is 9.94. The van der Waals surface area contributed by atoms with Crippen LogP contribution in [0.4, 0.5) is 0 Å². The van der Waals surface area contributed by atoms with Gasteiger partial charge in [-0.1, -0.05) is 62.6 Å². The Labute approximate surface area is 149 Å². The van der Waals surface area contributed by atoms with Gasteiger partial charge in [0.1, 0.15) is 0 Å². The summed E-state index contributed by atoms with van der Waals surface area (Å²) in [5, 5.41) is 8.49. The van der Waals surface area contributed by atoms with Crippen LogP contribution in [0.1, 0.15) is 96.8 Å². The number of unbranched alkanes of at least 4 members (excludes halogenated alkanes) is 10. The average molecular weight is 335 g/mol. The van der Waals surface area contributed by atoms with Gasteiger partial charge in [-0.15, -0.1) is 0 Å². The molecule has 0 amide bonds. The Hall–Kier alpha value is -1.31. The van der Waals surface area contributed by atoms with Gasteiger partial charge in [-0.25, -0.2) is 0 Å². The lowest BCUT2D eigenvalue weighted by Crippen LogP contribution is -1.89. The quantitative estimate of drug-likeness (QED) is 0.225. The third-order valence-corrected chi connectivity index (χ3v) is 4.00. The number of carbonyl (C=O) groups is 1. The minimum absolute atomic E-state index is 0.147. The molecule has 1 N–H and O–H groups in total. The molecule has 0 aliphatic rings. The van der Waals surface area contributed by atoms with Gasteiger partial charge in [0, 0.05) is 0 Å². The fourth-order valence-corrected chi connectivity index (χ4v) is 2.51. The Morgan fingerprint density at radius 3 is 1.38 bits per heavy atom. The molecule has 0 unspecified atom stereocenters. The summed E-state index contributed by atoms with van der Waals surface area (Å²) >= 11 is 0. The number of hydrogen-bond donors (Lipinski definition) is 1. The zero-order valence-corrected chi connectivity index (χ0v) is 15.7. The van der Waals surface area contributed by atoms with Crippen molar-refractivity contribution in [2.24, 2.45) is 0 Å². The molecule has 0 saturated heterocycles. The Balaban J connectivity index is 3.22. The van der Waals surface area contributed by atoms with Crippen LogP contribution in [-0.2, 0) is 4.79 Å². The molecule has 2 heteroatoms. The van der Waals surface area contributed by atoms with Crippen molar-refractivity contribution in [2.45, 2.75) is 96.8 Å². The first-order chi connectivity index (χ1) is 11.8. The van der Waals surface area contributed by atoms with Gasteiger partial charge in [0.2, 0.25) is 0 Å². The van der Waals surface area contributed by atoms with Crippen LogP contribution in [0.2, 0.25) is 0 Å². The van der Waals surface area contributed by atoms with E-state index in [4.69, 9.17) is 5.11 Å². The molecular formula is C22H38O2. The second kappa shape index (κ2) is 19.7. The summed E-state index contributed by atoms with van der Waals surface area (Å²) in [7, 11) is 0. The van der Waals surface area contributed by atoms with E-state index in [2.05, 4.69) is 31.2 Å². The predicted molar refractivity (Wildman–Crippen MR) is 105 cm³/mol. The fourth-order valence-electron chi connectivity index (χ4n) is 2.51. The molecule has 0 fully saturated rings. The third-order valence-electron chi connectivity index (χ3n) is 4.00. The highest BCUT2D eigenvalue weighted by molar-refractivity contribution is 5.68. The lowest BCUT2D eigenvalue weighted by molar-refractivity contribution is -0.136. The lowest BCUT2D eigenvalue weighted by Gasteiger charge is -1.96. The van der Waals surface area contributed by atoms with Crippen LogP contribution in [0.15, 0.2) is 36.5 Å². The SMILES string of the molecule is CCCCCC/C=C\CCCC/C=C\CCCC/C=C\CC(=O)O. The van der Waals surface area contributed by atoms with Crippen LogP contribution in [0.3, 0.4) is 0 Å². The molecule has 2 nitrogen and oxygen atoms in total. The van der Waals surface area contributed by atoms with Gasteiger partial charge in [-0.3, -0.25) is 4.79 Å². The van der Waals surface area contributed by atoms with Crippen molar-refractivity contribution >= 4 is 5.97 Å². The van der Waals surface area contributed by atoms with Crippen molar-refractivity contribution in [3.63, 3.8) is 0 Å². The van der Waals surface area contributed by atoms with E-state index in [-0.39, 0.29) is 6.42 Å². The predicted octanol–water partition coefficient (Wildman–Crippen LogP) is 7.22. The summed E-state index contributed by atoms with van der Waals surface area (Å²) in [5.74, 6) is -0.753. The van der Waals surface area contributed by atoms with Crippen LogP contribution in [-0.4, -0.2) is 11.1 Å². The molecule has 0 aromatic carbocycles. The van der Waals surface area contributed by atoms with E-state index in [9.17, 15) is 4.79 Å². The monoisotopic (exact) mass is 334 g/mol. The maximum atomic E-state index is 10.3. The smallest absolute Gasteiger partial charge is 0.307 e. The van der Waals surface area contributed by atoms with E-state index in [1.807, 2.05) is 6.08 Å². The molecule has 24 heavy (non-hydrogen) atoms. The number of aliphatic carboxylic acids is 1. The third kappa shape index (κ3) is 20.7. The van der Waals surface area contributed by atoms with E-state index >= 15 is 0 Å². The highest BCUT2D eigenvalue weighted by atomic mass is 16.4. The summed E-state index contributed by atoms with van der Waals surface area (Å²) in [6, 6.07) is 0. The summed E-state index contributed by atoms with van der Waals surface area (Å²) < 4.78 is 0. The highest BCUT2D eigenvalue weighted by Gasteiger charge is 1.89. The molecule has 0 bridgehead atoms. The zero-order valence-electron chi connectivity index (χ0n) is 15.7. The largest absolute Gasteiger partial charge is 0.481 e. The Morgan fingerprint density at radius 2 is 1.00 bits per heavy atom. The molecule has 0 aliphatic carbocycles. The van der Waals surface area contributed by atoms with Crippen LogP contribution in [0.25, 0.3) is 0 Å². The second-order valence-corrected chi connectivity index (χ2v) is 6.43. The molecule has 0 saturated carbocycles. The maximum absolute atomic E-state index is 10.3. The molecule has 0 aromatic heterocycles. The van der Waals surface area contributed by atoms with E-state index in [0.717, 1.165) is 19.3 Å². The minimum atomic E-state index is -0.753. The Morgan fingerprint density at radius 1 is 0.625 bits per heavy atom. The van der Waals surface area contributed by atoms with Crippen LogP contribution >= 0.6 is 0 Å². The van der Waals surface area contributed by atoms with Crippen LogP contribution in [0.5, 0.6) is 0 Å². The van der Waals surface area contributed by atoms with Gasteiger partial charge >= 0.3 is 5.97 Å². The van der Waals surface area contributed by atoms with Crippen molar-refractivity contribution in [3.05, 3.63) is 36.5 Å². The topological polar surface area (TPSA) is 37.3 Å². The van der Waals surface area contributed by atoms with E-state index < -0.39 is 5.97 Å². The number of hydrogen-bond acceptors (Lipinski definition) is 1. The average Bonchev–Trinajstić information content (AvgIpc) is 2.56. The summed E-state index contributed by atoms with van der Waals surface area (Å²) in [5.41, 5.74) is 0. The number of allylic oxidation sites excluding steroid dienone is 5. The van der Waals surface area contributed by atoms with Gasteiger partial charge in [0.25, 0.3) is 0 Å². The Kier molecular flexibility index (Phi) is 18.7. The molecule has 0 atom stereocenters. The second-order valence-electron chi connectivity index (χ2n) is 6.43. The molecular weight excluding hydrogens is 296 g/mol. The molecule has 138 valence electrons. The van der Waals surface area contributed by atoms with Crippen LogP contribution in [0, 0.1) is 0 Å². The van der Waals surface area contributed by atoms with Gasteiger partial charge in [-0.2, -0.15) is 0 Å². The first kappa shape index (κ1) is 22.7. The van der Waals surface area contributed by atoms with Gasteiger partial charge in [-0.05, 0) is 64.2 Å². The normalized spacial score (nSPS) is 12.0. The highest BCUT2D eigenvalue weighted by Crippen LogP contribution is 2.07. The van der Waals surface area contributed by atoms with Gasteiger partial charge < -0.3 is 5.11 Å². The summed E-state index contributed by atoms with van der Waals surface area (Å²) in [4.78, 5) is 10.3. The summed E-state index contributed by atoms with van der Waals surface area (Å²) in [6.07, 6.45) is 29.4. The van der Waals surface area contributed by atoms with Crippen molar-refractivity contribution in [2.75, 3.05) is 0 Å². The Bertz CT molecular complexity index is 353. The lowest BCUT2D eigenvalue weighted by atomic mass is 10.1.